The number of aldehydes is 1. The van der Waals surface area contributed by atoms with Crippen molar-refractivity contribution in [3.63, 3.8) is 0 Å². The zero-order valence-corrected chi connectivity index (χ0v) is 7.49. The van der Waals surface area contributed by atoms with E-state index in [0.29, 0.717) is 5.92 Å². The van der Waals surface area contributed by atoms with E-state index in [4.69, 9.17) is 6.42 Å². The van der Waals surface area contributed by atoms with E-state index in [1.807, 2.05) is 0 Å². The molecule has 1 atom stereocenters. The van der Waals surface area contributed by atoms with E-state index in [2.05, 4.69) is 6.04 Å². The molecule has 1 aliphatic carbocycles. The summed E-state index contributed by atoms with van der Waals surface area (Å²) in [6.07, 6.45) is 11.0. The van der Waals surface area contributed by atoms with Crippen molar-refractivity contribution < 1.29 is 4.79 Å². The molecule has 1 unspecified atom stereocenters. The summed E-state index contributed by atoms with van der Waals surface area (Å²) in [6, 6.07) is 2.44. The zero-order valence-electron chi connectivity index (χ0n) is 7.49. The molecule has 0 aliphatic heterocycles. The highest BCUT2D eigenvalue weighted by Crippen LogP contribution is 2.28. The second-order valence-corrected chi connectivity index (χ2v) is 3.41. The predicted molar refractivity (Wildman–Crippen MR) is 48.4 cm³/mol. The summed E-state index contributed by atoms with van der Waals surface area (Å²) in [5, 5.41) is 0. The maximum absolute atomic E-state index is 10.8. The van der Waals surface area contributed by atoms with Crippen LogP contribution in [0.25, 0.3) is 0 Å². The second kappa shape index (κ2) is 4.15. The van der Waals surface area contributed by atoms with Crippen LogP contribution >= 0.6 is 0 Å². The van der Waals surface area contributed by atoms with Crippen LogP contribution in [-0.2, 0) is 4.79 Å². The summed E-state index contributed by atoms with van der Waals surface area (Å²) in [7, 11) is 1.80. The number of hydrogen-bond acceptors (Lipinski definition) is 2. The minimum Gasteiger partial charge on any atom is -0.325 e. The quantitative estimate of drug-likeness (QED) is 0.356. The van der Waals surface area contributed by atoms with Crippen LogP contribution in [0.3, 0.4) is 0 Å². The van der Waals surface area contributed by atoms with Crippen molar-refractivity contribution in [2.45, 2.75) is 31.7 Å². The first-order valence-corrected chi connectivity index (χ1v) is 4.44. The molecular formula is C10H15NO. The molecule has 2 nitrogen and oxygen atoms in total. The number of carbonyl (C=O) groups is 1. The number of likely N-dealkylation sites (N-methyl/N-ethyl adjacent to an activating group) is 1. The molecule has 1 rings (SSSR count). The first-order valence-electron chi connectivity index (χ1n) is 4.44. The van der Waals surface area contributed by atoms with Gasteiger partial charge in [-0.05, 0) is 18.8 Å². The average Bonchev–Trinajstić information content (AvgIpc) is 2.58. The van der Waals surface area contributed by atoms with Crippen LogP contribution in [0.15, 0.2) is 0 Å². The van der Waals surface area contributed by atoms with Gasteiger partial charge in [-0.1, -0.05) is 19.3 Å². The molecule has 0 spiro atoms. The van der Waals surface area contributed by atoms with Crippen LogP contribution in [0.4, 0.5) is 0 Å². The number of hydrogen-bond donors (Lipinski definition) is 0. The summed E-state index contributed by atoms with van der Waals surface area (Å²) in [5.74, 6) is 0.489. The molecule has 0 bridgehead atoms. The number of carbonyl (C=O) groups excluding carboxylic acids is 1. The molecule has 0 amide bonds. The highest BCUT2D eigenvalue weighted by Gasteiger charge is 2.26. The molecule has 66 valence electrons. The Hall–Kier alpha value is -0.970. The van der Waals surface area contributed by atoms with Crippen molar-refractivity contribution in [1.82, 2.24) is 4.90 Å². The molecule has 0 aromatic rings. The Bertz CT molecular complexity index is 189. The fourth-order valence-electron chi connectivity index (χ4n) is 1.90. The third-order valence-electron chi connectivity index (χ3n) is 2.67. The van der Waals surface area contributed by atoms with Gasteiger partial charge < -0.3 is 9.69 Å². The smallest absolute Gasteiger partial charge is 0.143 e. The van der Waals surface area contributed by atoms with Crippen LogP contribution < -0.4 is 0 Å². The molecule has 12 heavy (non-hydrogen) atoms. The van der Waals surface area contributed by atoms with Gasteiger partial charge >= 0.3 is 0 Å². The Morgan fingerprint density at radius 3 is 2.58 bits per heavy atom. The summed E-state index contributed by atoms with van der Waals surface area (Å²) >= 11 is 0. The Balaban J connectivity index is 2.55. The van der Waals surface area contributed by atoms with Crippen molar-refractivity contribution in [3.8, 4) is 12.5 Å². The Labute approximate surface area is 73.9 Å². The average molecular weight is 165 g/mol. The lowest BCUT2D eigenvalue weighted by atomic mass is 9.98. The van der Waals surface area contributed by atoms with E-state index in [0.717, 1.165) is 19.1 Å². The monoisotopic (exact) mass is 165 g/mol. The lowest BCUT2D eigenvalue weighted by molar-refractivity contribution is -0.112. The highest BCUT2D eigenvalue weighted by atomic mass is 16.1. The van der Waals surface area contributed by atoms with Crippen molar-refractivity contribution in [3.05, 3.63) is 0 Å². The van der Waals surface area contributed by atoms with E-state index in [1.165, 1.54) is 12.8 Å². The van der Waals surface area contributed by atoms with Crippen LogP contribution in [0.2, 0.25) is 0 Å². The van der Waals surface area contributed by atoms with Gasteiger partial charge in [0.15, 0.2) is 0 Å². The van der Waals surface area contributed by atoms with Crippen LogP contribution in [-0.4, -0.2) is 24.3 Å². The van der Waals surface area contributed by atoms with Gasteiger partial charge in [0.2, 0.25) is 0 Å². The molecule has 0 N–H and O–H groups in total. The number of rotatable bonds is 3. The lowest BCUT2D eigenvalue weighted by Gasteiger charge is -2.24. The predicted octanol–water partition coefficient (Wildman–Crippen LogP) is 1.27. The van der Waals surface area contributed by atoms with Gasteiger partial charge in [-0.3, -0.25) is 0 Å². The normalized spacial score (nSPS) is 20.0. The topological polar surface area (TPSA) is 20.3 Å². The van der Waals surface area contributed by atoms with Gasteiger partial charge in [0, 0.05) is 13.1 Å². The third kappa shape index (κ3) is 1.79. The summed E-state index contributed by atoms with van der Waals surface area (Å²) in [4.78, 5) is 12.4. The van der Waals surface area contributed by atoms with Gasteiger partial charge in [-0.25, -0.2) is 0 Å². The molecule has 0 aromatic heterocycles. The molecule has 0 saturated heterocycles. The summed E-state index contributed by atoms with van der Waals surface area (Å²) in [6.45, 7) is 0. The minimum atomic E-state index is -0.0579. The Kier molecular flexibility index (Phi) is 3.16. The SMILES string of the molecule is C#CN(C)C(C=O)C1CCCC1. The van der Waals surface area contributed by atoms with Crippen LogP contribution in [0, 0.1) is 18.4 Å². The van der Waals surface area contributed by atoms with Gasteiger partial charge in [-0.15, -0.1) is 0 Å². The molecule has 0 radical (unpaired) electrons. The molecule has 1 aliphatic rings. The minimum absolute atomic E-state index is 0.0579. The number of terminal acetylenes is 1. The van der Waals surface area contributed by atoms with Crippen LogP contribution in [0.1, 0.15) is 25.7 Å². The maximum Gasteiger partial charge on any atom is 0.143 e. The van der Waals surface area contributed by atoms with Crippen LogP contribution in [0.5, 0.6) is 0 Å². The second-order valence-electron chi connectivity index (χ2n) is 3.41. The van der Waals surface area contributed by atoms with Gasteiger partial charge in [0.05, 0.1) is 6.04 Å². The van der Waals surface area contributed by atoms with Crippen molar-refractivity contribution in [2.24, 2.45) is 5.92 Å². The van der Waals surface area contributed by atoms with Gasteiger partial charge in [0.25, 0.3) is 0 Å². The first-order chi connectivity index (χ1) is 5.79. The summed E-state index contributed by atoms with van der Waals surface area (Å²) in [5.41, 5.74) is 0. The molecule has 1 saturated carbocycles. The first kappa shape index (κ1) is 9.12. The van der Waals surface area contributed by atoms with E-state index in [-0.39, 0.29) is 6.04 Å². The fourth-order valence-corrected chi connectivity index (χ4v) is 1.90. The van der Waals surface area contributed by atoms with E-state index in [9.17, 15) is 4.79 Å². The maximum atomic E-state index is 10.8. The molecular weight excluding hydrogens is 150 g/mol. The third-order valence-corrected chi connectivity index (χ3v) is 2.67. The zero-order chi connectivity index (χ0) is 8.97. The largest absolute Gasteiger partial charge is 0.325 e. The van der Waals surface area contributed by atoms with Gasteiger partial charge in [-0.2, -0.15) is 0 Å². The molecule has 1 fully saturated rings. The van der Waals surface area contributed by atoms with E-state index in [1.54, 1.807) is 11.9 Å². The van der Waals surface area contributed by atoms with Crippen molar-refractivity contribution in [1.29, 1.82) is 0 Å². The lowest BCUT2D eigenvalue weighted by Crippen LogP contribution is -2.35. The van der Waals surface area contributed by atoms with Crippen molar-refractivity contribution in [2.75, 3.05) is 7.05 Å². The molecule has 0 heterocycles. The Morgan fingerprint density at radius 1 is 1.58 bits per heavy atom. The summed E-state index contributed by atoms with van der Waals surface area (Å²) < 4.78 is 0. The number of nitrogens with zero attached hydrogens (tertiary/aromatic N) is 1. The van der Waals surface area contributed by atoms with Gasteiger partial charge in [0.1, 0.15) is 6.29 Å². The molecule has 2 heteroatoms. The Morgan fingerprint density at radius 2 is 2.17 bits per heavy atom. The van der Waals surface area contributed by atoms with E-state index < -0.39 is 0 Å². The highest BCUT2D eigenvalue weighted by molar-refractivity contribution is 5.58. The molecule has 0 aromatic carbocycles. The standard InChI is InChI=1S/C10H15NO/c1-3-11(2)10(8-12)9-6-4-5-7-9/h1,8-10H,4-7H2,2H3. The van der Waals surface area contributed by atoms with Crippen molar-refractivity contribution >= 4 is 6.29 Å². The fraction of sp³-hybridized carbons (Fsp3) is 0.700. The van der Waals surface area contributed by atoms with E-state index >= 15 is 0 Å².